The quantitative estimate of drug-likeness (QED) is 0.819. The Morgan fingerprint density at radius 1 is 1.53 bits per heavy atom. The minimum atomic E-state index is -0.859. The van der Waals surface area contributed by atoms with E-state index in [4.69, 9.17) is 5.11 Å². The maximum atomic E-state index is 10.6. The number of rotatable bonds is 6. The zero-order valence-electron chi connectivity index (χ0n) is 10.7. The van der Waals surface area contributed by atoms with E-state index in [1.54, 1.807) is 11.3 Å². The highest BCUT2D eigenvalue weighted by Gasteiger charge is 2.14. The minimum Gasteiger partial charge on any atom is -0.481 e. The second-order valence-corrected chi connectivity index (χ2v) is 5.79. The molecule has 0 saturated carbocycles. The van der Waals surface area contributed by atoms with Crippen LogP contribution in [-0.4, -0.2) is 36.6 Å². The van der Waals surface area contributed by atoms with Crippen LogP contribution >= 0.6 is 23.1 Å². The smallest absolute Gasteiger partial charge is 0.313 e. The third kappa shape index (κ3) is 3.54. The first-order chi connectivity index (χ1) is 9.10. The number of hydrogen-bond acceptors (Lipinski definition) is 6. The van der Waals surface area contributed by atoms with Gasteiger partial charge in [0, 0.05) is 17.5 Å². The zero-order chi connectivity index (χ0) is 13.8. The van der Waals surface area contributed by atoms with Crippen LogP contribution in [0.15, 0.2) is 10.5 Å². The normalized spacial score (nSPS) is 10.8. The SMILES string of the molecule is CCc1nnc(SCC(=O)O)n1Cc1nc(C)cs1. The lowest BCUT2D eigenvalue weighted by atomic mass is 10.4. The van der Waals surface area contributed by atoms with Gasteiger partial charge in [0.05, 0.1) is 12.3 Å². The Labute approximate surface area is 118 Å². The predicted molar refractivity (Wildman–Crippen MR) is 73.7 cm³/mol. The number of aromatic nitrogens is 4. The Morgan fingerprint density at radius 2 is 2.32 bits per heavy atom. The fourth-order valence-corrected chi connectivity index (χ4v) is 3.02. The Kier molecular flexibility index (Phi) is 4.54. The van der Waals surface area contributed by atoms with Gasteiger partial charge in [-0.15, -0.1) is 21.5 Å². The van der Waals surface area contributed by atoms with Gasteiger partial charge in [0.25, 0.3) is 0 Å². The molecule has 0 unspecified atom stereocenters. The van der Waals surface area contributed by atoms with Gasteiger partial charge in [-0.2, -0.15) is 0 Å². The number of carbonyl (C=O) groups is 1. The van der Waals surface area contributed by atoms with Crippen molar-refractivity contribution < 1.29 is 9.90 Å². The van der Waals surface area contributed by atoms with E-state index < -0.39 is 5.97 Å². The van der Waals surface area contributed by atoms with Crippen molar-refractivity contribution in [3.63, 3.8) is 0 Å². The molecule has 0 atom stereocenters. The summed E-state index contributed by atoms with van der Waals surface area (Å²) in [5.74, 6) is -0.0258. The molecular weight excluding hydrogens is 284 g/mol. The van der Waals surface area contributed by atoms with Crippen LogP contribution in [0.2, 0.25) is 0 Å². The van der Waals surface area contributed by atoms with Gasteiger partial charge in [-0.1, -0.05) is 18.7 Å². The molecule has 102 valence electrons. The van der Waals surface area contributed by atoms with E-state index in [0.29, 0.717) is 11.7 Å². The van der Waals surface area contributed by atoms with Gasteiger partial charge in [-0.05, 0) is 6.92 Å². The molecule has 0 aliphatic carbocycles. The number of thiazole rings is 1. The lowest BCUT2D eigenvalue weighted by molar-refractivity contribution is -0.133. The topological polar surface area (TPSA) is 80.9 Å². The molecule has 0 aliphatic heterocycles. The van der Waals surface area contributed by atoms with Crippen LogP contribution in [0.3, 0.4) is 0 Å². The maximum absolute atomic E-state index is 10.6. The molecule has 0 amide bonds. The second kappa shape index (κ2) is 6.16. The third-order valence-electron chi connectivity index (χ3n) is 2.39. The van der Waals surface area contributed by atoms with E-state index in [-0.39, 0.29) is 5.75 Å². The third-order valence-corrected chi connectivity index (χ3v) is 4.30. The summed E-state index contributed by atoms with van der Waals surface area (Å²) in [5, 5.41) is 20.5. The first-order valence-corrected chi connectivity index (χ1v) is 7.64. The fraction of sp³-hybridized carbons (Fsp3) is 0.455. The van der Waals surface area contributed by atoms with Crippen molar-refractivity contribution in [2.75, 3.05) is 5.75 Å². The molecule has 0 radical (unpaired) electrons. The lowest BCUT2D eigenvalue weighted by Gasteiger charge is -2.06. The molecule has 2 rings (SSSR count). The standard InChI is InChI=1S/C11H14N4O2S2/c1-3-8-13-14-11(19-6-10(16)17)15(8)4-9-12-7(2)5-18-9/h5H,3-4,6H2,1-2H3,(H,16,17). The van der Waals surface area contributed by atoms with E-state index in [1.165, 1.54) is 11.8 Å². The van der Waals surface area contributed by atoms with Gasteiger partial charge in [0.1, 0.15) is 10.8 Å². The molecule has 0 saturated heterocycles. The number of carboxylic acids is 1. The number of aliphatic carboxylic acids is 1. The molecule has 19 heavy (non-hydrogen) atoms. The van der Waals surface area contributed by atoms with Crippen molar-refractivity contribution in [1.29, 1.82) is 0 Å². The van der Waals surface area contributed by atoms with Crippen molar-refractivity contribution in [2.24, 2.45) is 0 Å². The van der Waals surface area contributed by atoms with Crippen molar-refractivity contribution in [2.45, 2.75) is 32.0 Å². The molecule has 2 aromatic heterocycles. The molecule has 0 aliphatic rings. The van der Waals surface area contributed by atoms with Crippen LogP contribution in [0.5, 0.6) is 0 Å². The van der Waals surface area contributed by atoms with Crippen LogP contribution in [0.25, 0.3) is 0 Å². The number of hydrogen-bond donors (Lipinski definition) is 1. The summed E-state index contributed by atoms with van der Waals surface area (Å²) in [6.07, 6.45) is 0.755. The van der Waals surface area contributed by atoms with Crippen LogP contribution in [0.4, 0.5) is 0 Å². The van der Waals surface area contributed by atoms with E-state index in [1.807, 2.05) is 23.8 Å². The van der Waals surface area contributed by atoms with Crippen LogP contribution in [0.1, 0.15) is 23.4 Å². The minimum absolute atomic E-state index is 0.0151. The monoisotopic (exact) mass is 298 g/mol. The van der Waals surface area contributed by atoms with E-state index in [9.17, 15) is 4.79 Å². The van der Waals surface area contributed by atoms with Gasteiger partial charge in [-0.25, -0.2) is 4.98 Å². The van der Waals surface area contributed by atoms with Gasteiger partial charge in [-0.3, -0.25) is 9.36 Å². The van der Waals surface area contributed by atoms with Crippen LogP contribution in [-0.2, 0) is 17.8 Å². The molecule has 8 heteroatoms. The average Bonchev–Trinajstić information content (AvgIpc) is 2.94. The molecule has 2 aromatic rings. The number of carboxylic acid groups (broad SMARTS) is 1. The Balaban J connectivity index is 2.20. The highest BCUT2D eigenvalue weighted by molar-refractivity contribution is 7.99. The lowest BCUT2D eigenvalue weighted by Crippen LogP contribution is -2.07. The van der Waals surface area contributed by atoms with Gasteiger partial charge >= 0.3 is 5.97 Å². The van der Waals surface area contributed by atoms with Crippen molar-refractivity contribution in [3.8, 4) is 0 Å². The summed E-state index contributed by atoms with van der Waals surface area (Å²) in [7, 11) is 0. The largest absolute Gasteiger partial charge is 0.481 e. The molecule has 0 aromatic carbocycles. The van der Waals surface area contributed by atoms with Crippen molar-refractivity contribution >= 4 is 29.1 Å². The van der Waals surface area contributed by atoms with Crippen LogP contribution in [0, 0.1) is 6.92 Å². The first-order valence-electron chi connectivity index (χ1n) is 5.77. The molecule has 6 nitrogen and oxygen atoms in total. The van der Waals surface area contributed by atoms with Crippen molar-refractivity contribution in [1.82, 2.24) is 19.7 Å². The van der Waals surface area contributed by atoms with E-state index in [2.05, 4.69) is 15.2 Å². The Morgan fingerprint density at radius 3 is 2.89 bits per heavy atom. The fourth-order valence-electron chi connectivity index (χ4n) is 1.58. The molecule has 0 spiro atoms. The predicted octanol–water partition coefficient (Wildman–Crippen LogP) is 1.83. The summed E-state index contributed by atoms with van der Waals surface area (Å²) >= 11 is 2.77. The van der Waals surface area contributed by atoms with Crippen molar-refractivity contribution in [3.05, 3.63) is 21.9 Å². The Bertz CT molecular complexity index is 579. The summed E-state index contributed by atoms with van der Waals surface area (Å²) < 4.78 is 1.94. The number of thioether (sulfide) groups is 1. The van der Waals surface area contributed by atoms with Gasteiger partial charge in [0.15, 0.2) is 5.16 Å². The summed E-state index contributed by atoms with van der Waals surface area (Å²) in [5.41, 5.74) is 0.992. The van der Waals surface area contributed by atoms with E-state index in [0.717, 1.165) is 22.9 Å². The maximum Gasteiger partial charge on any atom is 0.313 e. The zero-order valence-corrected chi connectivity index (χ0v) is 12.3. The number of aryl methyl sites for hydroxylation is 2. The van der Waals surface area contributed by atoms with E-state index >= 15 is 0 Å². The van der Waals surface area contributed by atoms with Crippen LogP contribution < -0.4 is 0 Å². The second-order valence-electron chi connectivity index (χ2n) is 3.90. The van der Waals surface area contributed by atoms with Gasteiger partial charge in [0.2, 0.25) is 0 Å². The highest BCUT2D eigenvalue weighted by atomic mass is 32.2. The summed E-state index contributed by atoms with van der Waals surface area (Å²) in [6.45, 7) is 4.54. The average molecular weight is 298 g/mol. The first kappa shape index (κ1) is 14.0. The molecular formula is C11H14N4O2S2. The highest BCUT2D eigenvalue weighted by Crippen LogP contribution is 2.20. The number of nitrogens with zero attached hydrogens (tertiary/aromatic N) is 4. The molecule has 0 bridgehead atoms. The Hall–Kier alpha value is -1.41. The summed E-state index contributed by atoms with van der Waals surface area (Å²) in [4.78, 5) is 15.0. The van der Waals surface area contributed by atoms with Gasteiger partial charge < -0.3 is 5.11 Å². The molecule has 0 fully saturated rings. The molecule has 2 heterocycles. The summed E-state index contributed by atoms with van der Waals surface area (Å²) in [6, 6.07) is 0. The molecule has 1 N–H and O–H groups in total.